The van der Waals surface area contributed by atoms with Gasteiger partial charge in [-0.15, -0.1) is 0 Å². The summed E-state index contributed by atoms with van der Waals surface area (Å²) in [4.78, 5) is 7.18. The van der Waals surface area contributed by atoms with E-state index in [1.165, 1.54) is 6.07 Å². The van der Waals surface area contributed by atoms with Crippen molar-refractivity contribution in [2.24, 2.45) is 0 Å². The summed E-state index contributed by atoms with van der Waals surface area (Å²) in [5.74, 6) is -1.38. The monoisotopic (exact) mass is 570 g/mol. The third-order valence-corrected chi connectivity index (χ3v) is 6.82. The Kier molecular flexibility index (Phi) is 9.14. The molecule has 0 atom stereocenters. The first-order valence-electron chi connectivity index (χ1n) is 9.84. The van der Waals surface area contributed by atoms with Crippen molar-refractivity contribution in [3.8, 4) is 0 Å². The summed E-state index contributed by atoms with van der Waals surface area (Å²) in [6.07, 6.45) is 3.02. The molecule has 0 unspecified atom stereocenters. The standard InChI is InChI=1S/C9H9Cl2N3O2S.C9H9F2N3O2S.CH4/c2*1-2-3-6-4-5-7-12-8(10)9(14(7)13-6)17(11,15)16;/h2*4-5H,2-3H2,1H3;1H4. The summed E-state index contributed by atoms with van der Waals surface area (Å²) in [5.41, 5.74) is 1.62. The van der Waals surface area contributed by atoms with Crippen LogP contribution in [-0.2, 0) is 32.1 Å². The van der Waals surface area contributed by atoms with Crippen LogP contribution in [0, 0.1) is 5.95 Å². The summed E-state index contributed by atoms with van der Waals surface area (Å²) < 4.78 is 72.3. The Morgan fingerprint density at radius 1 is 0.857 bits per heavy atom. The molecule has 0 aliphatic rings. The van der Waals surface area contributed by atoms with Gasteiger partial charge in [0.05, 0.1) is 11.4 Å². The number of rotatable bonds is 6. The molecule has 16 heteroatoms. The van der Waals surface area contributed by atoms with Crippen LogP contribution in [0.5, 0.6) is 0 Å². The van der Waals surface area contributed by atoms with Crippen molar-refractivity contribution in [3.63, 3.8) is 0 Å². The van der Waals surface area contributed by atoms with Gasteiger partial charge in [0.2, 0.25) is 10.1 Å². The maximum absolute atomic E-state index is 13.2. The zero-order chi connectivity index (χ0) is 25.3. The molecule has 10 nitrogen and oxygen atoms in total. The van der Waals surface area contributed by atoms with Crippen LogP contribution in [-0.4, -0.2) is 46.0 Å². The summed E-state index contributed by atoms with van der Waals surface area (Å²) in [6, 6.07) is 6.44. The zero-order valence-corrected chi connectivity index (χ0v) is 20.9. The first-order chi connectivity index (χ1) is 15.9. The molecule has 35 heavy (non-hydrogen) atoms. The van der Waals surface area contributed by atoms with Crippen LogP contribution in [0.1, 0.15) is 45.5 Å². The van der Waals surface area contributed by atoms with Gasteiger partial charge < -0.3 is 0 Å². The fourth-order valence-electron chi connectivity index (χ4n) is 3.04. The van der Waals surface area contributed by atoms with Gasteiger partial charge in [-0.25, -0.2) is 13.4 Å². The van der Waals surface area contributed by atoms with Gasteiger partial charge in [0.15, 0.2) is 16.4 Å². The van der Waals surface area contributed by atoms with Crippen molar-refractivity contribution >= 4 is 52.9 Å². The molecule has 192 valence electrons. The highest BCUT2D eigenvalue weighted by Crippen LogP contribution is 2.25. The minimum atomic E-state index is -5.19. The lowest BCUT2D eigenvalue weighted by molar-refractivity contribution is 0.508. The van der Waals surface area contributed by atoms with E-state index in [0.717, 1.165) is 29.5 Å². The van der Waals surface area contributed by atoms with Gasteiger partial charge in [-0.05, 0) is 37.1 Å². The average Bonchev–Trinajstić information content (AvgIpc) is 3.23. The maximum Gasteiger partial charge on any atom is 0.354 e. The van der Waals surface area contributed by atoms with Crippen LogP contribution < -0.4 is 0 Å². The Labute approximate surface area is 210 Å². The first kappa shape index (κ1) is 28.8. The van der Waals surface area contributed by atoms with Gasteiger partial charge >= 0.3 is 10.2 Å². The third kappa shape index (κ3) is 6.42. The molecule has 0 saturated carbocycles. The van der Waals surface area contributed by atoms with E-state index in [4.69, 9.17) is 22.3 Å². The van der Waals surface area contributed by atoms with Crippen LogP contribution in [0.15, 0.2) is 34.3 Å². The van der Waals surface area contributed by atoms with Crippen molar-refractivity contribution in [2.75, 3.05) is 0 Å². The molecule has 0 radical (unpaired) electrons. The lowest BCUT2D eigenvalue weighted by Crippen LogP contribution is -2.05. The van der Waals surface area contributed by atoms with E-state index < -0.39 is 30.2 Å². The van der Waals surface area contributed by atoms with Crippen molar-refractivity contribution in [3.05, 3.63) is 46.8 Å². The van der Waals surface area contributed by atoms with Crippen molar-refractivity contribution in [2.45, 2.75) is 57.0 Å². The summed E-state index contributed by atoms with van der Waals surface area (Å²) in [6.45, 7) is 3.92. The predicted molar refractivity (Wildman–Crippen MR) is 127 cm³/mol. The highest BCUT2D eigenvalue weighted by atomic mass is 35.7. The normalized spacial score (nSPS) is 11.8. The fraction of sp³-hybridized carbons (Fsp3) is 0.368. The minimum Gasteiger partial charge on any atom is -0.214 e. The number of nitrogens with zero attached hydrogens (tertiary/aromatic N) is 6. The fourth-order valence-corrected chi connectivity index (χ4v) is 5.22. The van der Waals surface area contributed by atoms with Crippen molar-refractivity contribution < 1.29 is 25.1 Å². The molecule has 0 saturated heterocycles. The molecular formula is C19H22Cl2F2N6O4S2. The lowest BCUT2D eigenvalue weighted by Gasteiger charge is -2.00. The second-order valence-corrected chi connectivity index (χ2v) is 11.1. The molecule has 0 aromatic carbocycles. The number of aryl methyl sites for hydroxylation is 2. The molecule has 0 aliphatic heterocycles. The number of aromatic nitrogens is 6. The molecule has 4 rings (SSSR count). The smallest absolute Gasteiger partial charge is 0.214 e. The molecule has 0 aliphatic carbocycles. The Morgan fingerprint density at radius 2 is 1.31 bits per heavy atom. The highest BCUT2D eigenvalue weighted by molar-refractivity contribution is 8.13. The van der Waals surface area contributed by atoms with Gasteiger partial charge in [0.1, 0.15) is 0 Å². The molecule has 0 spiro atoms. The van der Waals surface area contributed by atoms with E-state index in [2.05, 4.69) is 20.2 Å². The van der Waals surface area contributed by atoms with E-state index in [-0.39, 0.29) is 23.3 Å². The van der Waals surface area contributed by atoms with Gasteiger partial charge in [0, 0.05) is 10.7 Å². The van der Waals surface area contributed by atoms with E-state index in [1.54, 1.807) is 18.2 Å². The number of halogens is 4. The van der Waals surface area contributed by atoms with Crippen LogP contribution in [0.4, 0.5) is 8.28 Å². The van der Waals surface area contributed by atoms with E-state index in [9.17, 15) is 25.1 Å². The van der Waals surface area contributed by atoms with Gasteiger partial charge in [0.25, 0.3) is 15.0 Å². The Bertz CT molecular complexity index is 1460. The number of fused-ring (bicyclic) bond motifs is 2. The van der Waals surface area contributed by atoms with Crippen molar-refractivity contribution in [1.82, 2.24) is 29.2 Å². The summed E-state index contributed by atoms with van der Waals surface area (Å²) in [7, 11) is -3.86. The molecule has 0 N–H and O–H groups in total. The van der Waals surface area contributed by atoms with Crippen molar-refractivity contribution in [1.29, 1.82) is 0 Å². The lowest BCUT2D eigenvalue weighted by atomic mass is 10.2. The van der Waals surface area contributed by atoms with E-state index >= 15 is 0 Å². The first-order valence-corrected chi connectivity index (χ1v) is 13.9. The molecule has 0 fully saturated rings. The highest BCUT2D eigenvalue weighted by Gasteiger charge is 2.26. The molecule has 4 heterocycles. The summed E-state index contributed by atoms with van der Waals surface area (Å²) >= 11 is 5.75. The average molecular weight is 571 g/mol. The predicted octanol–water partition coefficient (Wildman–Crippen LogP) is 4.38. The second kappa shape index (κ2) is 11.1. The molecule has 4 aromatic rings. The Morgan fingerprint density at radius 3 is 1.74 bits per heavy atom. The number of imidazole rings is 2. The molecule has 4 aromatic heterocycles. The van der Waals surface area contributed by atoms with Gasteiger partial charge in [-0.1, -0.05) is 49.6 Å². The summed E-state index contributed by atoms with van der Waals surface area (Å²) in [5, 5.41) is 6.41. The van der Waals surface area contributed by atoms with Crippen LogP contribution >= 0.6 is 22.3 Å². The third-order valence-electron chi connectivity index (χ3n) is 4.38. The topological polar surface area (TPSA) is 129 Å². The van der Waals surface area contributed by atoms with Crippen LogP contribution in [0.2, 0.25) is 5.15 Å². The van der Waals surface area contributed by atoms with Gasteiger partial charge in [-0.3, -0.25) is 0 Å². The van der Waals surface area contributed by atoms with E-state index in [1.807, 2.05) is 13.8 Å². The Hall–Kier alpha value is -2.42. The second-order valence-electron chi connectivity index (χ2n) is 6.98. The van der Waals surface area contributed by atoms with Crippen LogP contribution in [0.3, 0.4) is 0 Å². The quantitative estimate of drug-likeness (QED) is 0.312. The molecule has 0 bridgehead atoms. The molecular weight excluding hydrogens is 549 g/mol. The van der Waals surface area contributed by atoms with E-state index in [0.29, 0.717) is 22.3 Å². The number of hydrogen-bond donors (Lipinski definition) is 0. The SMILES string of the molecule is C.CCCc1ccc2nc(Cl)c(S(=O)(=O)Cl)n2n1.CCCc1ccc2nc(F)c(S(=O)(=O)F)n2n1. The zero-order valence-electron chi connectivity index (χ0n) is 17.8. The number of hydrogen-bond acceptors (Lipinski definition) is 8. The maximum atomic E-state index is 13.2. The van der Waals surface area contributed by atoms with Crippen LogP contribution in [0.25, 0.3) is 11.3 Å². The molecule has 0 amide bonds. The minimum absolute atomic E-state index is 0. The van der Waals surface area contributed by atoms with Gasteiger partial charge in [-0.2, -0.15) is 37.0 Å². The Balaban J connectivity index is 0.000000240. The largest absolute Gasteiger partial charge is 0.354 e.